The van der Waals surface area contributed by atoms with Crippen molar-refractivity contribution in [1.82, 2.24) is 4.90 Å². The minimum atomic E-state index is -0.830. The van der Waals surface area contributed by atoms with Gasteiger partial charge in [0.15, 0.2) is 0 Å². The lowest BCUT2D eigenvalue weighted by atomic mass is 10.1. The molecule has 0 aromatic heterocycles. The van der Waals surface area contributed by atoms with Crippen LogP contribution >= 0.6 is 0 Å². The number of amides is 1. The molecule has 0 radical (unpaired) electrons. The molecule has 1 heterocycles. The molecule has 1 N–H and O–H groups in total. The summed E-state index contributed by atoms with van der Waals surface area (Å²) in [7, 11) is 0. The molecule has 1 aliphatic heterocycles. The lowest BCUT2D eigenvalue weighted by Crippen LogP contribution is -2.44. The predicted molar refractivity (Wildman–Crippen MR) is 124 cm³/mol. The third-order valence-corrected chi connectivity index (χ3v) is 5.67. The lowest BCUT2D eigenvalue weighted by Gasteiger charge is -2.27. The first-order valence-corrected chi connectivity index (χ1v) is 11.1. The van der Waals surface area contributed by atoms with Gasteiger partial charge in [-0.25, -0.2) is 4.79 Å². The average molecular weight is 448 g/mol. The molecule has 1 saturated heterocycles. The van der Waals surface area contributed by atoms with Crippen molar-refractivity contribution in [3.05, 3.63) is 108 Å². The molecule has 172 valence electrons. The average Bonchev–Trinajstić information content (AvgIpc) is 3.18. The summed E-state index contributed by atoms with van der Waals surface area (Å²) in [5.41, 5.74) is 2.94. The van der Waals surface area contributed by atoms with Gasteiger partial charge in [0.1, 0.15) is 12.7 Å². The van der Waals surface area contributed by atoms with E-state index in [2.05, 4.69) is 0 Å². The normalized spacial score (nSPS) is 20.0. The van der Waals surface area contributed by atoms with Gasteiger partial charge in [0.05, 0.1) is 38.5 Å². The van der Waals surface area contributed by atoms with Gasteiger partial charge in [-0.1, -0.05) is 91.0 Å². The van der Waals surface area contributed by atoms with E-state index in [1.807, 2.05) is 91.0 Å². The first-order chi connectivity index (χ1) is 16.2. The van der Waals surface area contributed by atoms with Crippen molar-refractivity contribution in [1.29, 1.82) is 0 Å². The van der Waals surface area contributed by atoms with Crippen LogP contribution in [-0.2, 0) is 34.0 Å². The molecule has 0 unspecified atom stereocenters. The van der Waals surface area contributed by atoms with Crippen LogP contribution in [0.25, 0.3) is 0 Å². The predicted octanol–water partition coefficient (Wildman–Crippen LogP) is 4.17. The number of ether oxygens (including phenoxy) is 3. The topological polar surface area (TPSA) is 68.2 Å². The summed E-state index contributed by atoms with van der Waals surface area (Å²) < 4.78 is 17.5. The van der Waals surface area contributed by atoms with Crippen molar-refractivity contribution in [2.45, 2.75) is 38.1 Å². The van der Waals surface area contributed by atoms with Gasteiger partial charge in [0.25, 0.3) is 0 Å². The number of rotatable bonds is 9. The zero-order chi connectivity index (χ0) is 22.9. The second-order valence-electron chi connectivity index (χ2n) is 8.09. The molecule has 4 rings (SSSR count). The number of carbonyl (C=O) groups is 1. The van der Waals surface area contributed by atoms with Crippen LogP contribution in [0.5, 0.6) is 0 Å². The molecule has 6 heteroatoms. The summed E-state index contributed by atoms with van der Waals surface area (Å²) in [4.78, 5) is 14.4. The first kappa shape index (κ1) is 23.0. The van der Waals surface area contributed by atoms with E-state index in [1.165, 1.54) is 4.90 Å². The van der Waals surface area contributed by atoms with E-state index >= 15 is 0 Å². The highest BCUT2D eigenvalue weighted by atomic mass is 16.6. The Labute approximate surface area is 194 Å². The smallest absolute Gasteiger partial charge is 0.410 e. The second kappa shape index (κ2) is 11.6. The Balaban J connectivity index is 1.41. The van der Waals surface area contributed by atoms with E-state index < -0.39 is 24.3 Å². The third kappa shape index (κ3) is 6.42. The summed E-state index contributed by atoms with van der Waals surface area (Å²) in [5.74, 6) is 0. The molecule has 0 spiro atoms. The molecule has 1 aliphatic rings. The third-order valence-electron chi connectivity index (χ3n) is 5.67. The summed E-state index contributed by atoms with van der Waals surface area (Å²) in [6, 6.07) is 28.6. The lowest BCUT2D eigenvalue weighted by molar-refractivity contribution is -0.0550. The van der Waals surface area contributed by atoms with Gasteiger partial charge in [0.2, 0.25) is 0 Å². The van der Waals surface area contributed by atoms with Crippen LogP contribution in [0, 0.1) is 0 Å². The van der Waals surface area contributed by atoms with Crippen molar-refractivity contribution >= 4 is 6.09 Å². The number of nitrogens with zero attached hydrogens (tertiary/aromatic N) is 1. The van der Waals surface area contributed by atoms with Crippen LogP contribution in [-0.4, -0.2) is 47.5 Å². The summed E-state index contributed by atoms with van der Waals surface area (Å²) in [6.45, 7) is 1.27. The van der Waals surface area contributed by atoms with Gasteiger partial charge in [0, 0.05) is 0 Å². The van der Waals surface area contributed by atoms with Gasteiger partial charge < -0.3 is 19.3 Å². The largest absolute Gasteiger partial charge is 0.445 e. The molecule has 3 aromatic rings. The molecule has 0 bridgehead atoms. The van der Waals surface area contributed by atoms with Crippen LogP contribution in [0.15, 0.2) is 91.0 Å². The van der Waals surface area contributed by atoms with Crippen LogP contribution in [0.2, 0.25) is 0 Å². The number of aliphatic hydroxyl groups excluding tert-OH is 1. The number of hydrogen-bond donors (Lipinski definition) is 1. The van der Waals surface area contributed by atoms with E-state index in [4.69, 9.17) is 14.2 Å². The van der Waals surface area contributed by atoms with E-state index in [0.717, 1.165) is 16.7 Å². The molecule has 0 aliphatic carbocycles. The highest BCUT2D eigenvalue weighted by Gasteiger charge is 2.45. The van der Waals surface area contributed by atoms with Crippen molar-refractivity contribution in [2.75, 3.05) is 13.2 Å². The number of β-amino-alcohol motifs (C(OH)–C–C–N with tert-alkyl or cyclic N) is 1. The van der Waals surface area contributed by atoms with Crippen molar-refractivity contribution in [3.8, 4) is 0 Å². The highest BCUT2D eigenvalue weighted by molar-refractivity contribution is 5.69. The van der Waals surface area contributed by atoms with Gasteiger partial charge >= 0.3 is 6.09 Å². The summed E-state index contributed by atoms with van der Waals surface area (Å²) in [6.07, 6.45) is -1.90. The molecule has 0 saturated carbocycles. The molecule has 3 atom stereocenters. The van der Waals surface area contributed by atoms with E-state index in [-0.39, 0.29) is 19.8 Å². The Morgan fingerprint density at radius 3 is 1.88 bits per heavy atom. The Bertz CT molecular complexity index is 983. The van der Waals surface area contributed by atoms with Gasteiger partial charge in [-0.15, -0.1) is 0 Å². The fourth-order valence-corrected chi connectivity index (χ4v) is 3.93. The minimum Gasteiger partial charge on any atom is -0.445 e. The Morgan fingerprint density at radius 1 is 0.788 bits per heavy atom. The zero-order valence-electron chi connectivity index (χ0n) is 18.5. The van der Waals surface area contributed by atoms with Crippen molar-refractivity contribution in [2.24, 2.45) is 0 Å². The van der Waals surface area contributed by atoms with Crippen LogP contribution in [0.3, 0.4) is 0 Å². The standard InChI is InChI=1S/C27H29NO5/c29-25-16-28(27(30)33-19-23-14-8-3-9-15-23)24(20-31-17-21-10-4-1-5-11-21)26(25)32-18-22-12-6-2-7-13-22/h1-15,24-26,29H,16-20H2/t24-,25-,26-/m1/s1. The number of hydrogen-bond acceptors (Lipinski definition) is 5. The molecular weight excluding hydrogens is 418 g/mol. The van der Waals surface area contributed by atoms with Gasteiger partial charge in [-0.3, -0.25) is 4.90 Å². The van der Waals surface area contributed by atoms with Crippen LogP contribution < -0.4 is 0 Å². The number of likely N-dealkylation sites (tertiary alicyclic amines) is 1. The number of carbonyl (C=O) groups excluding carboxylic acids is 1. The van der Waals surface area contributed by atoms with Crippen molar-refractivity contribution in [3.63, 3.8) is 0 Å². The highest BCUT2D eigenvalue weighted by Crippen LogP contribution is 2.25. The van der Waals surface area contributed by atoms with Crippen LogP contribution in [0.1, 0.15) is 16.7 Å². The van der Waals surface area contributed by atoms with Crippen molar-refractivity contribution < 1.29 is 24.1 Å². The Hall–Kier alpha value is -3.19. The molecule has 3 aromatic carbocycles. The monoisotopic (exact) mass is 447 g/mol. The fourth-order valence-electron chi connectivity index (χ4n) is 3.93. The van der Waals surface area contributed by atoms with E-state index in [0.29, 0.717) is 13.2 Å². The maximum atomic E-state index is 12.9. The Morgan fingerprint density at radius 2 is 1.30 bits per heavy atom. The molecular formula is C27H29NO5. The van der Waals surface area contributed by atoms with Gasteiger partial charge in [-0.2, -0.15) is 0 Å². The first-order valence-electron chi connectivity index (χ1n) is 11.1. The molecule has 33 heavy (non-hydrogen) atoms. The second-order valence-corrected chi connectivity index (χ2v) is 8.09. The van der Waals surface area contributed by atoms with E-state index in [1.54, 1.807) is 0 Å². The number of benzene rings is 3. The Kier molecular flexibility index (Phi) is 8.09. The quantitative estimate of drug-likeness (QED) is 0.533. The molecule has 1 amide bonds. The van der Waals surface area contributed by atoms with Crippen LogP contribution in [0.4, 0.5) is 4.79 Å². The zero-order valence-corrected chi connectivity index (χ0v) is 18.5. The van der Waals surface area contributed by atoms with Gasteiger partial charge in [-0.05, 0) is 16.7 Å². The minimum absolute atomic E-state index is 0.131. The SMILES string of the molecule is O=C(OCc1ccccc1)N1C[C@@H](O)[C@H](OCc2ccccc2)[C@H]1COCc1ccccc1. The maximum absolute atomic E-state index is 12.9. The molecule has 1 fully saturated rings. The maximum Gasteiger partial charge on any atom is 0.410 e. The fraction of sp³-hybridized carbons (Fsp3) is 0.296. The van der Waals surface area contributed by atoms with E-state index in [9.17, 15) is 9.90 Å². The number of aliphatic hydroxyl groups is 1. The summed E-state index contributed by atoms with van der Waals surface area (Å²) in [5, 5.41) is 10.7. The molecule has 6 nitrogen and oxygen atoms in total. The summed E-state index contributed by atoms with van der Waals surface area (Å²) >= 11 is 0.